The summed E-state index contributed by atoms with van der Waals surface area (Å²) in [5.74, 6) is 0.424. The van der Waals surface area contributed by atoms with Gasteiger partial charge in [0.1, 0.15) is 5.78 Å². The number of hydrogen-bond acceptors (Lipinski definition) is 2. The van der Waals surface area contributed by atoms with Crippen LogP contribution in [0.1, 0.15) is 48.7 Å². The van der Waals surface area contributed by atoms with Crippen molar-refractivity contribution in [1.29, 1.82) is 0 Å². The van der Waals surface area contributed by atoms with Crippen molar-refractivity contribution in [2.24, 2.45) is 5.41 Å². The highest BCUT2D eigenvalue weighted by atomic mass is 16.1. The summed E-state index contributed by atoms with van der Waals surface area (Å²) in [6.45, 7) is 5.77. The van der Waals surface area contributed by atoms with Crippen molar-refractivity contribution in [3.63, 3.8) is 0 Å². The molecule has 2 heteroatoms. The Kier molecular flexibility index (Phi) is 2.90. The zero-order chi connectivity index (χ0) is 12.6. The molecule has 1 aromatic rings. The van der Waals surface area contributed by atoms with E-state index in [1.165, 1.54) is 0 Å². The predicted octanol–water partition coefficient (Wildman–Crippen LogP) is 2.97. The topological polar surface area (TPSA) is 34.1 Å². The first-order valence-corrected chi connectivity index (χ1v) is 6.06. The summed E-state index contributed by atoms with van der Waals surface area (Å²) in [5, 5.41) is 0. The van der Waals surface area contributed by atoms with Gasteiger partial charge in [-0.15, -0.1) is 0 Å². The third-order valence-electron chi connectivity index (χ3n) is 3.30. The average Bonchev–Trinajstić information content (AvgIpc) is 2.59. The van der Waals surface area contributed by atoms with Gasteiger partial charge in [-0.05, 0) is 23.6 Å². The maximum atomic E-state index is 11.9. The molecule has 0 unspecified atom stereocenters. The average molecular weight is 230 g/mol. The van der Waals surface area contributed by atoms with Crippen LogP contribution in [0, 0.1) is 5.41 Å². The lowest BCUT2D eigenvalue weighted by Gasteiger charge is -2.16. The Morgan fingerprint density at radius 3 is 2.59 bits per heavy atom. The zero-order valence-corrected chi connectivity index (χ0v) is 10.7. The number of ketones is 2. The second-order valence-corrected chi connectivity index (χ2v) is 5.76. The highest BCUT2D eigenvalue weighted by molar-refractivity contribution is 6.00. The largest absolute Gasteiger partial charge is 0.299 e. The molecule has 0 amide bonds. The monoisotopic (exact) mass is 230 g/mol. The Bertz CT molecular complexity index is 478. The summed E-state index contributed by atoms with van der Waals surface area (Å²) in [4.78, 5) is 23.5. The Morgan fingerprint density at radius 1 is 1.24 bits per heavy atom. The van der Waals surface area contributed by atoms with Gasteiger partial charge in [-0.1, -0.05) is 32.9 Å². The molecule has 0 saturated heterocycles. The number of fused-ring (bicyclic) bond motifs is 1. The minimum absolute atomic E-state index is 0.211. The number of carbonyl (C=O) groups is 2. The van der Waals surface area contributed by atoms with Crippen LogP contribution < -0.4 is 0 Å². The number of benzene rings is 1. The molecule has 1 aliphatic carbocycles. The Morgan fingerprint density at radius 2 is 1.94 bits per heavy atom. The van der Waals surface area contributed by atoms with Gasteiger partial charge in [0.25, 0.3) is 0 Å². The van der Waals surface area contributed by atoms with E-state index in [0.717, 1.165) is 23.1 Å². The summed E-state index contributed by atoms with van der Waals surface area (Å²) in [7, 11) is 0. The maximum Gasteiger partial charge on any atom is 0.163 e. The second kappa shape index (κ2) is 4.10. The molecule has 0 N–H and O–H groups in total. The van der Waals surface area contributed by atoms with Gasteiger partial charge in [0.05, 0.1) is 0 Å². The molecule has 0 heterocycles. The van der Waals surface area contributed by atoms with Crippen molar-refractivity contribution in [2.75, 3.05) is 0 Å². The molecule has 0 spiro atoms. The van der Waals surface area contributed by atoms with Crippen LogP contribution in [-0.2, 0) is 17.6 Å². The first-order chi connectivity index (χ1) is 7.88. The molecule has 0 fully saturated rings. The van der Waals surface area contributed by atoms with E-state index in [1.54, 1.807) is 0 Å². The third kappa shape index (κ3) is 2.46. The zero-order valence-electron chi connectivity index (χ0n) is 10.7. The summed E-state index contributed by atoms with van der Waals surface area (Å²) in [6, 6.07) is 5.86. The standard InChI is InChI=1S/C15H18O2/c1-15(2,3)14(17)9-10-4-5-11-6-7-13(16)12(11)8-10/h4-5,8H,6-7,9H2,1-3H3. The van der Waals surface area contributed by atoms with Gasteiger partial charge >= 0.3 is 0 Å². The van der Waals surface area contributed by atoms with Crippen molar-refractivity contribution in [3.05, 3.63) is 34.9 Å². The van der Waals surface area contributed by atoms with E-state index in [-0.39, 0.29) is 17.0 Å². The van der Waals surface area contributed by atoms with Crippen LogP contribution in [0.25, 0.3) is 0 Å². The van der Waals surface area contributed by atoms with E-state index in [1.807, 2.05) is 39.0 Å². The maximum absolute atomic E-state index is 11.9. The number of rotatable bonds is 2. The van der Waals surface area contributed by atoms with Gasteiger partial charge in [0.2, 0.25) is 0 Å². The minimum Gasteiger partial charge on any atom is -0.299 e. The molecule has 0 aromatic heterocycles. The van der Waals surface area contributed by atoms with Crippen LogP contribution in [-0.4, -0.2) is 11.6 Å². The molecule has 0 saturated carbocycles. The fourth-order valence-electron chi connectivity index (χ4n) is 2.04. The molecular formula is C15H18O2. The van der Waals surface area contributed by atoms with Gasteiger partial charge in [-0.25, -0.2) is 0 Å². The van der Waals surface area contributed by atoms with Gasteiger partial charge in [0, 0.05) is 23.8 Å². The van der Waals surface area contributed by atoms with Crippen molar-refractivity contribution >= 4 is 11.6 Å². The Labute approximate surface area is 102 Å². The lowest BCUT2D eigenvalue weighted by atomic mass is 9.86. The van der Waals surface area contributed by atoms with Crippen molar-refractivity contribution < 1.29 is 9.59 Å². The summed E-state index contributed by atoms with van der Waals surface area (Å²) in [6.07, 6.45) is 1.89. The van der Waals surface area contributed by atoms with Crippen LogP contribution in [0.15, 0.2) is 18.2 Å². The van der Waals surface area contributed by atoms with Crippen LogP contribution in [0.4, 0.5) is 0 Å². The first-order valence-electron chi connectivity index (χ1n) is 6.06. The van der Waals surface area contributed by atoms with Crippen LogP contribution in [0.2, 0.25) is 0 Å². The molecule has 2 rings (SSSR count). The molecule has 0 radical (unpaired) electrons. The van der Waals surface area contributed by atoms with Gasteiger partial charge < -0.3 is 0 Å². The van der Waals surface area contributed by atoms with E-state index in [9.17, 15) is 9.59 Å². The molecule has 90 valence electrons. The number of carbonyl (C=O) groups excluding carboxylic acids is 2. The smallest absolute Gasteiger partial charge is 0.163 e. The van der Waals surface area contributed by atoms with Crippen molar-refractivity contribution in [1.82, 2.24) is 0 Å². The quantitative estimate of drug-likeness (QED) is 0.782. The lowest BCUT2D eigenvalue weighted by Crippen LogP contribution is -2.22. The van der Waals surface area contributed by atoms with Crippen molar-refractivity contribution in [2.45, 2.75) is 40.0 Å². The lowest BCUT2D eigenvalue weighted by molar-refractivity contribution is -0.125. The minimum atomic E-state index is -0.316. The third-order valence-corrected chi connectivity index (χ3v) is 3.30. The molecule has 0 bridgehead atoms. The SMILES string of the molecule is CC(C)(C)C(=O)Cc1ccc2c(c1)C(=O)CC2. The fourth-order valence-corrected chi connectivity index (χ4v) is 2.04. The normalized spacial score (nSPS) is 14.9. The highest BCUT2D eigenvalue weighted by Gasteiger charge is 2.23. The number of aryl methyl sites for hydroxylation is 1. The van der Waals surface area contributed by atoms with Gasteiger partial charge in [0.15, 0.2) is 5.78 Å². The van der Waals surface area contributed by atoms with Gasteiger partial charge in [-0.2, -0.15) is 0 Å². The number of Topliss-reactive ketones (excluding diaryl/α,β-unsaturated/α-hetero) is 2. The van der Waals surface area contributed by atoms with Crippen LogP contribution in [0.3, 0.4) is 0 Å². The molecule has 17 heavy (non-hydrogen) atoms. The summed E-state index contributed by atoms with van der Waals surface area (Å²) in [5.41, 5.74) is 2.59. The Balaban J connectivity index is 2.22. The molecule has 0 aliphatic heterocycles. The predicted molar refractivity (Wildman–Crippen MR) is 67.3 cm³/mol. The summed E-state index contributed by atoms with van der Waals surface area (Å²) < 4.78 is 0. The van der Waals surface area contributed by atoms with E-state index in [0.29, 0.717) is 12.8 Å². The molecule has 2 nitrogen and oxygen atoms in total. The van der Waals surface area contributed by atoms with E-state index in [2.05, 4.69) is 0 Å². The van der Waals surface area contributed by atoms with Crippen LogP contribution >= 0.6 is 0 Å². The molecule has 1 aromatic carbocycles. The fraction of sp³-hybridized carbons (Fsp3) is 0.467. The first kappa shape index (κ1) is 12.0. The van der Waals surface area contributed by atoms with Crippen LogP contribution in [0.5, 0.6) is 0 Å². The van der Waals surface area contributed by atoms with Crippen molar-refractivity contribution in [3.8, 4) is 0 Å². The number of hydrogen-bond donors (Lipinski definition) is 0. The highest BCUT2D eigenvalue weighted by Crippen LogP contribution is 2.24. The van der Waals surface area contributed by atoms with Gasteiger partial charge in [-0.3, -0.25) is 9.59 Å². The summed E-state index contributed by atoms with van der Waals surface area (Å²) >= 11 is 0. The second-order valence-electron chi connectivity index (χ2n) is 5.76. The van der Waals surface area contributed by atoms with E-state index >= 15 is 0 Å². The van der Waals surface area contributed by atoms with E-state index in [4.69, 9.17) is 0 Å². The molecule has 0 atom stereocenters. The molecule has 1 aliphatic rings. The Hall–Kier alpha value is -1.44. The molecular weight excluding hydrogens is 212 g/mol. The van der Waals surface area contributed by atoms with E-state index < -0.39 is 0 Å².